The lowest BCUT2D eigenvalue weighted by atomic mass is 9.90. The van der Waals surface area contributed by atoms with Crippen LogP contribution in [0.4, 0.5) is 5.69 Å². The Morgan fingerprint density at radius 3 is 2.68 bits per heavy atom. The van der Waals surface area contributed by atoms with Crippen LogP contribution in [0, 0.1) is 6.92 Å². The Morgan fingerprint density at radius 1 is 1.37 bits per heavy atom. The summed E-state index contributed by atoms with van der Waals surface area (Å²) in [6.07, 6.45) is 0.220. The number of esters is 1. The molecule has 3 rings (SSSR count). The third kappa shape index (κ3) is 1.32. The molecule has 1 atom stereocenters. The topological polar surface area (TPSA) is 63.7 Å². The highest BCUT2D eigenvalue weighted by molar-refractivity contribution is 6.30. The number of aryl methyl sites for hydroxylation is 1. The third-order valence-electron chi connectivity index (χ3n) is 3.74. The van der Waals surface area contributed by atoms with Crippen molar-refractivity contribution in [2.75, 3.05) is 11.5 Å². The molecule has 1 aromatic carbocycles. The molecule has 0 radical (unpaired) electrons. The van der Waals surface area contributed by atoms with Gasteiger partial charge in [-0.15, -0.1) is 0 Å². The van der Waals surface area contributed by atoms with Gasteiger partial charge in [0.2, 0.25) is 17.2 Å². The van der Waals surface area contributed by atoms with Crippen LogP contribution in [0.25, 0.3) is 0 Å². The molecule has 0 N–H and O–H groups in total. The number of hydrogen-bond acceptors (Lipinski definition) is 4. The van der Waals surface area contributed by atoms with Gasteiger partial charge in [0.15, 0.2) is 0 Å². The maximum absolute atomic E-state index is 12.6. The molecule has 0 aliphatic carbocycles. The van der Waals surface area contributed by atoms with Gasteiger partial charge >= 0.3 is 5.97 Å². The summed E-state index contributed by atoms with van der Waals surface area (Å²) in [5.41, 5.74) is 0.372. The molecule has 5 nitrogen and oxygen atoms in total. The number of fused-ring (bicyclic) bond motifs is 1. The van der Waals surface area contributed by atoms with Crippen LogP contribution in [-0.2, 0) is 14.3 Å². The normalized spacial score (nSPS) is 24.8. The van der Waals surface area contributed by atoms with E-state index >= 15 is 0 Å². The molecule has 5 heteroatoms. The van der Waals surface area contributed by atoms with E-state index in [0.29, 0.717) is 11.3 Å². The van der Waals surface area contributed by atoms with E-state index in [0.717, 1.165) is 5.56 Å². The number of cyclic esters (lactones) is 1. The first-order chi connectivity index (χ1) is 8.98. The zero-order valence-corrected chi connectivity index (χ0v) is 10.7. The molecule has 0 aromatic heterocycles. The van der Waals surface area contributed by atoms with Gasteiger partial charge in [-0.1, -0.05) is 11.6 Å². The van der Waals surface area contributed by atoms with Gasteiger partial charge in [0.25, 0.3) is 0 Å². The molecule has 0 saturated carbocycles. The summed E-state index contributed by atoms with van der Waals surface area (Å²) in [5.74, 6) is -1.28. The number of amides is 1. The number of ether oxygens (including phenoxy) is 1. The number of anilines is 1. The van der Waals surface area contributed by atoms with Gasteiger partial charge < -0.3 is 4.74 Å². The van der Waals surface area contributed by atoms with Crippen molar-refractivity contribution in [3.05, 3.63) is 29.3 Å². The maximum atomic E-state index is 12.6. The van der Waals surface area contributed by atoms with Crippen molar-refractivity contribution in [2.24, 2.45) is 0 Å². The first-order valence-corrected chi connectivity index (χ1v) is 6.12. The van der Waals surface area contributed by atoms with Crippen molar-refractivity contribution in [3.8, 4) is 0 Å². The van der Waals surface area contributed by atoms with E-state index in [1.165, 1.54) is 11.8 Å². The molecule has 1 aromatic rings. The van der Waals surface area contributed by atoms with Crippen molar-refractivity contribution < 1.29 is 19.1 Å². The summed E-state index contributed by atoms with van der Waals surface area (Å²) in [5, 5.41) is 0. The summed E-state index contributed by atoms with van der Waals surface area (Å²) in [7, 11) is 0. The lowest BCUT2D eigenvalue weighted by Gasteiger charge is -2.28. The lowest BCUT2D eigenvalue weighted by Crippen LogP contribution is -2.56. The number of hydrogen-bond donors (Lipinski definition) is 0. The number of rotatable bonds is 0. The van der Waals surface area contributed by atoms with Crippen molar-refractivity contribution >= 4 is 23.3 Å². The SMILES string of the molecule is CC(=O)N1c2ccc(C)cc2C(=O)C12CCOC2=O. The molecule has 0 bridgehead atoms. The van der Waals surface area contributed by atoms with Crippen molar-refractivity contribution in [3.63, 3.8) is 0 Å². The van der Waals surface area contributed by atoms with Crippen LogP contribution in [0.1, 0.15) is 29.3 Å². The quantitative estimate of drug-likeness (QED) is 0.519. The summed E-state index contributed by atoms with van der Waals surface area (Å²) < 4.78 is 4.95. The van der Waals surface area contributed by atoms with Crippen LogP contribution in [-0.4, -0.2) is 29.8 Å². The Labute approximate surface area is 110 Å². The van der Waals surface area contributed by atoms with Crippen LogP contribution in [0.5, 0.6) is 0 Å². The van der Waals surface area contributed by atoms with Gasteiger partial charge in [-0.3, -0.25) is 14.5 Å². The minimum atomic E-state index is -1.47. The molecule has 2 heterocycles. The van der Waals surface area contributed by atoms with E-state index in [9.17, 15) is 14.4 Å². The van der Waals surface area contributed by atoms with Gasteiger partial charge in [-0.2, -0.15) is 0 Å². The van der Waals surface area contributed by atoms with Crippen LogP contribution in [0.15, 0.2) is 18.2 Å². The highest BCUT2D eigenvalue weighted by atomic mass is 16.5. The average Bonchev–Trinajstić information content (AvgIpc) is 2.83. The maximum Gasteiger partial charge on any atom is 0.340 e. The van der Waals surface area contributed by atoms with E-state index in [-0.39, 0.29) is 24.7 Å². The van der Waals surface area contributed by atoms with Crippen molar-refractivity contribution in [2.45, 2.75) is 25.8 Å². The van der Waals surface area contributed by atoms with Gasteiger partial charge in [0, 0.05) is 18.9 Å². The monoisotopic (exact) mass is 259 g/mol. The van der Waals surface area contributed by atoms with Gasteiger partial charge in [-0.25, -0.2) is 4.79 Å². The van der Waals surface area contributed by atoms with Crippen molar-refractivity contribution in [1.29, 1.82) is 0 Å². The molecular formula is C14H13NO4. The van der Waals surface area contributed by atoms with Crippen molar-refractivity contribution in [1.82, 2.24) is 0 Å². The molecular weight excluding hydrogens is 246 g/mol. The van der Waals surface area contributed by atoms with Gasteiger partial charge in [0.1, 0.15) is 0 Å². The Hall–Kier alpha value is -2.17. The second-order valence-electron chi connectivity index (χ2n) is 4.95. The molecule has 1 unspecified atom stereocenters. The Bertz CT molecular complexity index is 622. The van der Waals surface area contributed by atoms with Crippen LogP contribution >= 0.6 is 0 Å². The fourth-order valence-electron chi connectivity index (χ4n) is 2.92. The Balaban J connectivity index is 2.27. The fraction of sp³-hybridized carbons (Fsp3) is 0.357. The highest BCUT2D eigenvalue weighted by Gasteiger charge is 2.62. The molecule has 2 aliphatic rings. The number of carbonyl (C=O) groups is 3. The van der Waals surface area contributed by atoms with Gasteiger partial charge in [-0.05, 0) is 19.1 Å². The molecule has 98 valence electrons. The number of carbonyl (C=O) groups excluding carboxylic acids is 3. The predicted octanol–water partition coefficient (Wildman–Crippen LogP) is 1.23. The van der Waals surface area contributed by atoms with Crippen LogP contribution in [0.3, 0.4) is 0 Å². The summed E-state index contributed by atoms with van der Waals surface area (Å²) in [4.78, 5) is 37.8. The first kappa shape index (κ1) is 11.9. The third-order valence-corrected chi connectivity index (χ3v) is 3.74. The summed E-state index contributed by atoms with van der Waals surface area (Å²) in [6, 6.07) is 5.25. The van der Waals surface area contributed by atoms with E-state index in [1.54, 1.807) is 12.1 Å². The van der Waals surface area contributed by atoms with Crippen LogP contribution in [0.2, 0.25) is 0 Å². The summed E-state index contributed by atoms with van der Waals surface area (Å²) >= 11 is 0. The first-order valence-electron chi connectivity index (χ1n) is 6.12. The smallest absolute Gasteiger partial charge is 0.340 e. The number of nitrogens with zero attached hydrogens (tertiary/aromatic N) is 1. The second kappa shape index (κ2) is 3.66. The zero-order valence-electron chi connectivity index (χ0n) is 10.7. The predicted molar refractivity (Wildman–Crippen MR) is 67.0 cm³/mol. The Morgan fingerprint density at radius 2 is 2.11 bits per heavy atom. The molecule has 1 spiro atoms. The molecule has 1 fully saturated rings. The standard InChI is InChI=1S/C14H13NO4/c1-8-3-4-11-10(7-8)12(17)14(15(11)9(2)16)5-6-19-13(14)18/h3-4,7H,5-6H2,1-2H3. The fourth-order valence-corrected chi connectivity index (χ4v) is 2.92. The number of ketones is 1. The average molecular weight is 259 g/mol. The number of benzene rings is 1. The Kier molecular flexibility index (Phi) is 2.29. The van der Waals surface area contributed by atoms with E-state index in [1.807, 2.05) is 13.0 Å². The van der Waals surface area contributed by atoms with Gasteiger partial charge in [0.05, 0.1) is 12.3 Å². The molecule has 1 amide bonds. The lowest BCUT2D eigenvalue weighted by molar-refractivity contribution is -0.142. The molecule has 19 heavy (non-hydrogen) atoms. The van der Waals surface area contributed by atoms with Crippen LogP contribution < -0.4 is 4.90 Å². The second-order valence-corrected chi connectivity index (χ2v) is 4.95. The zero-order chi connectivity index (χ0) is 13.8. The minimum Gasteiger partial charge on any atom is -0.463 e. The molecule has 2 aliphatic heterocycles. The highest BCUT2D eigenvalue weighted by Crippen LogP contribution is 2.44. The van der Waals surface area contributed by atoms with E-state index in [4.69, 9.17) is 4.74 Å². The van der Waals surface area contributed by atoms with E-state index in [2.05, 4.69) is 0 Å². The minimum absolute atomic E-state index is 0.168. The largest absolute Gasteiger partial charge is 0.463 e. The summed E-state index contributed by atoms with van der Waals surface area (Å²) in [6.45, 7) is 3.39. The van der Waals surface area contributed by atoms with E-state index < -0.39 is 11.5 Å². The number of Topliss-reactive ketones (excluding diaryl/α,β-unsaturated/α-hetero) is 1. The molecule has 1 saturated heterocycles.